The van der Waals surface area contributed by atoms with Gasteiger partial charge >= 0.3 is 0 Å². The zero-order chi connectivity index (χ0) is 24.4. The van der Waals surface area contributed by atoms with Gasteiger partial charge in [0.2, 0.25) is 0 Å². The summed E-state index contributed by atoms with van der Waals surface area (Å²) in [7, 11) is 1.42. The number of halogens is 1. The number of hydrogen-bond acceptors (Lipinski definition) is 6. The van der Waals surface area contributed by atoms with E-state index in [-0.39, 0.29) is 27.7 Å². The molecule has 1 saturated heterocycles. The molecule has 1 aromatic heterocycles. The molecule has 3 aromatic rings. The summed E-state index contributed by atoms with van der Waals surface area (Å²) in [4.78, 5) is 32.1. The average molecular weight is 479 g/mol. The molecule has 4 rings (SSSR count). The number of carbonyl (C=O) groups excluding carboxylic acids is 2. The monoisotopic (exact) mass is 478 g/mol. The molecule has 1 aliphatic heterocycles. The van der Waals surface area contributed by atoms with Gasteiger partial charge in [-0.05, 0) is 55.3 Å². The first-order chi connectivity index (χ1) is 16.4. The third-order valence-electron chi connectivity index (χ3n) is 5.50. The number of hydrogen-bond donors (Lipinski definition) is 1. The van der Waals surface area contributed by atoms with Crippen LogP contribution in [0.5, 0.6) is 11.5 Å². The van der Waals surface area contributed by atoms with E-state index >= 15 is 0 Å². The second-order valence-electron chi connectivity index (χ2n) is 7.71. The molecule has 34 heavy (non-hydrogen) atoms. The summed E-state index contributed by atoms with van der Waals surface area (Å²) < 4.78 is 11.0. The third-order valence-corrected chi connectivity index (χ3v) is 5.78. The summed E-state index contributed by atoms with van der Waals surface area (Å²) in [6.07, 6.45) is 3.15. The van der Waals surface area contributed by atoms with Crippen molar-refractivity contribution in [2.45, 2.75) is 19.9 Å². The van der Waals surface area contributed by atoms with Gasteiger partial charge in [-0.3, -0.25) is 19.5 Å². The minimum Gasteiger partial charge on any atom is -0.507 e. The Morgan fingerprint density at radius 2 is 1.97 bits per heavy atom. The predicted molar refractivity (Wildman–Crippen MR) is 129 cm³/mol. The number of ketones is 1. The summed E-state index contributed by atoms with van der Waals surface area (Å²) in [6.45, 7) is 4.11. The van der Waals surface area contributed by atoms with Gasteiger partial charge in [-0.2, -0.15) is 0 Å². The highest BCUT2D eigenvalue weighted by molar-refractivity contribution is 6.51. The fourth-order valence-corrected chi connectivity index (χ4v) is 4.45. The van der Waals surface area contributed by atoms with Crippen LogP contribution in [0.2, 0.25) is 5.02 Å². The molecule has 0 aliphatic carbocycles. The van der Waals surface area contributed by atoms with Gasteiger partial charge < -0.3 is 14.6 Å². The van der Waals surface area contributed by atoms with Gasteiger partial charge in [0.25, 0.3) is 11.7 Å². The molecule has 1 amide bonds. The molecule has 1 aliphatic rings. The number of aromatic nitrogens is 1. The van der Waals surface area contributed by atoms with E-state index < -0.39 is 17.7 Å². The van der Waals surface area contributed by atoms with E-state index in [0.29, 0.717) is 23.6 Å². The van der Waals surface area contributed by atoms with Crippen LogP contribution in [0.3, 0.4) is 0 Å². The van der Waals surface area contributed by atoms with Gasteiger partial charge in [-0.25, -0.2) is 0 Å². The number of ether oxygens (including phenoxy) is 2. The number of rotatable bonds is 6. The first-order valence-electron chi connectivity index (χ1n) is 10.7. The van der Waals surface area contributed by atoms with E-state index in [1.165, 1.54) is 12.0 Å². The summed E-state index contributed by atoms with van der Waals surface area (Å²) >= 11 is 6.33. The Morgan fingerprint density at radius 1 is 1.18 bits per heavy atom. The molecule has 2 aromatic carbocycles. The number of methoxy groups -OCH3 is 1. The van der Waals surface area contributed by atoms with Crippen LogP contribution < -0.4 is 14.4 Å². The van der Waals surface area contributed by atoms with E-state index in [4.69, 9.17) is 21.1 Å². The van der Waals surface area contributed by atoms with Crippen molar-refractivity contribution in [3.8, 4) is 11.5 Å². The summed E-state index contributed by atoms with van der Waals surface area (Å²) in [5.74, 6) is -1.22. The summed E-state index contributed by atoms with van der Waals surface area (Å²) in [5, 5.41) is 11.7. The molecule has 8 heteroatoms. The highest BCUT2D eigenvalue weighted by Crippen LogP contribution is 2.44. The van der Waals surface area contributed by atoms with Crippen LogP contribution in [0.25, 0.3) is 5.76 Å². The first kappa shape index (κ1) is 23.3. The van der Waals surface area contributed by atoms with Crippen molar-refractivity contribution in [3.63, 3.8) is 0 Å². The number of nitrogens with zero attached hydrogens (tertiary/aromatic N) is 2. The number of Topliss-reactive ketones (excluding diaryl/α,β-unsaturated/α-hetero) is 1. The topological polar surface area (TPSA) is 89.0 Å². The molecular formula is C26H23ClN2O5. The molecule has 174 valence electrons. The largest absolute Gasteiger partial charge is 0.507 e. The molecule has 0 radical (unpaired) electrons. The Labute approximate surface area is 202 Å². The van der Waals surface area contributed by atoms with E-state index in [1.807, 2.05) is 6.92 Å². The zero-order valence-electron chi connectivity index (χ0n) is 18.9. The molecule has 0 bridgehead atoms. The normalized spacial score (nSPS) is 17.2. The maximum absolute atomic E-state index is 13.3. The lowest BCUT2D eigenvalue weighted by Crippen LogP contribution is -2.29. The van der Waals surface area contributed by atoms with Crippen molar-refractivity contribution in [1.29, 1.82) is 0 Å². The molecule has 0 saturated carbocycles. The molecule has 1 unspecified atom stereocenters. The highest BCUT2D eigenvalue weighted by Gasteiger charge is 2.47. The molecule has 7 nitrogen and oxygen atoms in total. The van der Waals surface area contributed by atoms with E-state index in [9.17, 15) is 14.7 Å². The van der Waals surface area contributed by atoms with Gasteiger partial charge in [0.1, 0.15) is 17.3 Å². The summed E-state index contributed by atoms with van der Waals surface area (Å²) in [6, 6.07) is 12.8. The minimum atomic E-state index is -0.922. The van der Waals surface area contributed by atoms with Gasteiger partial charge in [0.15, 0.2) is 0 Å². The number of aliphatic hydroxyl groups is 1. The van der Waals surface area contributed by atoms with Gasteiger partial charge in [-0.1, -0.05) is 23.7 Å². The van der Waals surface area contributed by atoms with E-state index in [0.717, 1.165) is 5.56 Å². The fraction of sp³-hybridized carbons (Fsp3) is 0.192. The van der Waals surface area contributed by atoms with Crippen molar-refractivity contribution in [2.75, 3.05) is 18.6 Å². The molecule has 1 atom stereocenters. The Kier molecular flexibility index (Phi) is 6.56. The van der Waals surface area contributed by atoms with Crippen LogP contribution in [-0.4, -0.2) is 35.5 Å². The van der Waals surface area contributed by atoms with Gasteiger partial charge in [-0.15, -0.1) is 0 Å². The second kappa shape index (κ2) is 9.57. The SMILES string of the molecule is CCOc1cccc(N2C(=O)C(=O)/C(=C(/O)c3cc(C)cc(Cl)c3OC)C2c2cccnc2)c1. The highest BCUT2D eigenvalue weighted by atomic mass is 35.5. The number of aryl methyl sites for hydroxylation is 1. The molecule has 0 spiro atoms. The molecule has 1 N–H and O–H groups in total. The second-order valence-corrected chi connectivity index (χ2v) is 8.12. The van der Waals surface area contributed by atoms with Crippen LogP contribution >= 0.6 is 11.6 Å². The van der Waals surface area contributed by atoms with Crippen LogP contribution in [0.4, 0.5) is 5.69 Å². The number of anilines is 1. The lowest BCUT2D eigenvalue weighted by molar-refractivity contribution is -0.132. The molecule has 2 heterocycles. The molecular weight excluding hydrogens is 456 g/mol. The number of pyridine rings is 1. The number of aliphatic hydroxyl groups excluding tert-OH is 1. The average Bonchev–Trinajstić information content (AvgIpc) is 3.09. The maximum atomic E-state index is 13.3. The Bertz CT molecular complexity index is 1290. The Hall–Kier alpha value is -3.84. The lowest BCUT2D eigenvalue weighted by Gasteiger charge is -2.25. The van der Waals surface area contributed by atoms with Crippen molar-refractivity contribution >= 4 is 34.7 Å². The fourth-order valence-electron chi connectivity index (χ4n) is 4.10. The number of benzene rings is 2. The quantitative estimate of drug-likeness (QED) is 0.302. The lowest BCUT2D eigenvalue weighted by atomic mass is 9.95. The molecule has 1 fully saturated rings. The first-order valence-corrected chi connectivity index (χ1v) is 11.0. The number of amides is 1. The smallest absolute Gasteiger partial charge is 0.300 e. The van der Waals surface area contributed by atoms with Gasteiger partial charge in [0.05, 0.1) is 35.9 Å². The standard InChI is InChI=1S/C26H23ClN2O5/c1-4-34-18-9-5-8-17(13-18)29-22(16-7-6-10-28-14-16)21(24(31)26(29)32)23(30)19-11-15(2)12-20(27)25(19)33-3/h5-14,22,30H,4H2,1-3H3/b23-21+. The van der Waals surface area contributed by atoms with Gasteiger partial charge in [0, 0.05) is 24.1 Å². The Balaban J connectivity index is 1.97. The van der Waals surface area contributed by atoms with Crippen LogP contribution in [-0.2, 0) is 9.59 Å². The van der Waals surface area contributed by atoms with Crippen molar-refractivity contribution in [1.82, 2.24) is 4.98 Å². The van der Waals surface area contributed by atoms with Crippen molar-refractivity contribution < 1.29 is 24.2 Å². The van der Waals surface area contributed by atoms with Crippen LogP contribution in [0, 0.1) is 6.92 Å². The zero-order valence-corrected chi connectivity index (χ0v) is 19.7. The maximum Gasteiger partial charge on any atom is 0.300 e. The van der Waals surface area contributed by atoms with Crippen LogP contribution in [0.1, 0.15) is 29.7 Å². The third kappa shape index (κ3) is 4.10. The Morgan fingerprint density at radius 3 is 2.65 bits per heavy atom. The van der Waals surface area contributed by atoms with E-state index in [2.05, 4.69) is 4.98 Å². The summed E-state index contributed by atoms with van der Waals surface area (Å²) in [5.41, 5.74) is 1.91. The van der Waals surface area contributed by atoms with Crippen molar-refractivity contribution in [3.05, 3.63) is 88.2 Å². The minimum absolute atomic E-state index is 0.0835. The predicted octanol–water partition coefficient (Wildman–Crippen LogP) is 5.08. The van der Waals surface area contributed by atoms with Crippen molar-refractivity contribution in [2.24, 2.45) is 0 Å². The van der Waals surface area contributed by atoms with E-state index in [1.54, 1.807) is 67.8 Å². The van der Waals surface area contributed by atoms with Crippen LogP contribution in [0.15, 0.2) is 66.5 Å². The number of carbonyl (C=O) groups is 2.